The van der Waals surface area contributed by atoms with Gasteiger partial charge in [-0.2, -0.15) is 0 Å². The minimum atomic E-state index is -3.97. The van der Waals surface area contributed by atoms with Gasteiger partial charge in [0.15, 0.2) is 5.13 Å². The lowest BCUT2D eigenvalue weighted by molar-refractivity contribution is -0.115. The third-order valence-corrected chi connectivity index (χ3v) is 6.43. The molecule has 1 heterocycles. The highest BCUT2D eigenvalue weighted by Crippen LogP contribution is 2.32. The summed E-state index contributed by atoms with van der Waals surface area (Å²) in [6.07, 6.45) is 0. The molecule has 26 heavy (non-hydrogen) atoms. The van der Waals surface area contributed by atoms with Crippen LogP contribution in [0.5, 0.6) is 5.75 Å². The van der Waals surface area contributed by atoms with Crippen LogP contribution in [0.4, 0.5) is 5.13 Å². The molecule has 0 saturated heterocycles. The van der Waals surface area contributed by atoms with Gasteiger partial charge < -0.3 is 10.5 Å². The van der Waals surface area contributed by atoms with Gasteiger partial charge in [0.05, 0.1) is 33.2 Å². The van der Waals surface area contributed by atoms with Crippen LogP contribution < -0.4 is 20.9 Å². The number of nitrogens with zero attached hydrogens (tertiary/aromatic N) is 1. The van der Waals surface area contributed by atoms with E-state index in [4.69, 9.17) is 15.6 Å². The van der Waals surface area contributed by atoms with E-state index in [1.807, 2.05) is 0 Å². The normalized spacial score (nSPS) is 11.2. The fraction of sp³-hybridized carbons (Fsp3) is 0.214. The Labute approximate surface area is 158 Å². The van der Waals surface area contributed by atoms with Gasteiger partial charge in [-0.15, -0.1) is 11.8 Å². The van der Waals surface area contributed by atoms with Crippen LogP contribution in [0.2, 0.25) is 0 Å². The van der Waals surface area contributed by atoms with E-state index in [1.165, 1.54) is 42.3 Å². The highest BCUT2D eigenvalue weighted by Gasteiger charge is 2.19. The minimum absolute atomic E-state index is 0.00165. The molecule has 0 spiro atoms. The number of amides is 2. The van der Waals surface area contributed by atoms with Crippen molar-refractivity contribution in [2.45, 2.75) is 16.0 Å². The number of rotatable bonds is 7. The second-order valence-electron chi connectivity index (χ2n) is 5.01. The first-order valence-electron chi connectivity index (χ1n) is 7.02. The fourth-order valence-corrected chi connectivity index (χ4v) is 4.32. The standard InChI is InChI=1S/C14H16N4O5S3/c1-7-13(24-6-11(15)19)25-14(17-7)18-12(20)9-5-8(26(16,21)22)3-4-10(9)23-2/h3-5H,6H2,1-2H3,(H2,15,19)(H2,16,21,22)(H,17,18,20). The lowest BCUT2D eigenvalue weighted by Gasteiger charge is -2.09. The molecule has 0 aliphatic carbocycles. The Morgan fingerprint density at radius 1 is 1.38 bits per heavy atom. The number of carbonyl (C=O) groups is 2. The maximum absolute atomic E-state index is 12.5. The summed E-state index contributed by atoms with van der Waals surface area (Å²) >= 11 is 2.40. The Hall–Kier alpha value is -2.15. The van der Waals surface area contributed by atoms with Crippen LogP contribution in [0, 0.1) is 6.92 Å². The number of benzene rings is 1. The largest absolute Gasteiger partial charge is 0.496 e. The topological polar surface area (TPSA) is 154 Å². The highest BCUT2D eigenvalue weighted by molar-refractivity contribution is 8.01. The molecule has 1 aromatic heterocycles. The van der Waals surface area contributed by atoms with E-state index in [-0.39, 0.29) is 22.0 Å². The van der Waals surface area contributed by atoms with Crippen LogP contribution in [0.15, 0.2) is 27.3 Å². The number of ether oxygens (including phenoxy) is 1. The molecule has 0 aliphatic heterocycles. The molecule has 140 valence electrons. The molecular formula is C14H16N4O5S3. The molecule has 0 unspecified atom stereocenters. The number of primary amides is 1. The van der Waals surface area contributed by atoms with E-state index in [9.17, 15) is 18.0 Å². The molecular weight excluding hydrogens is 400 g/mol. The van der Waals surface area contributed by atoms with Gasteiger partial charge in [0.25, 0.3) is 5.91 Å². The van der Waals surface area contributed by atoms with Crippen LogP contribution in [-0.4, -0.2) is 38.1 Å². The molecule has 2 aromatic rings. The summed E-state index contributed by atoms with van der Waals surface area (Å²) in [6, 6.07) is 3.72. The third kappa shape index (κ3) is 4.94. The predicted octanol–water partition coefficient (Wildman–Crippen LogP) is 0.937. The van der Waals surface area contributed by atoms with Gasteiger partial charge in [-0.3, -0.25) is 14.9 Å². The zero-order chi connectivity index (χ0) is 19.5. The second-order valence-corrected chi connectivity index (χ2v) is 8.81. The first kappa shape index (κ1) is 20.2. The van der Waals surface area contributed by atoms with Crippen LogP contribution in [0.25, 0.3) is 0 Å². The van der Waals surface area contributed by atoms with Crippen molar-refractivity contribution < 1.29 is 22.7 Å². The van der Waals surface area contributed by atoms with E-state index < -0.39 is 21.8 Å². The molecule has 0 atom stereocenters. The molecule has 2 amide bonds. The summed E-state index contributed by atoms with van der Waals surface area (Å²) < 4.78 is 28.8. The van der Waals surface area contributed by atoms with Crippen molar-refractivity contribution in [3.8, 4) is 5.75 Å². The first-order chi connectivity index (χ1) is 12.1. The number of nitrogens with two attached hydrogens (primary N) is 2. The molecule has 0 fully saturated rings. The van der Waals surface area contributed by atoms with Gasteiger partial charge in [0.2, 0.25) is 15.9 Å². The maximum atomic E-state index is 12.5. The average molecular weight is 417 g/mol. The van der Waals surface area contributed by atoms with Gasteiger partial charge in [-0.1, -0.05) is 11.3 Å². The number of aryl methyl sites for hydroxylation is 1. The monoisotopic (exact) mass is 416 g/mol. The number of thioether (sulfide) groups is 1. The van der Waals surface area contributed by atoms with Gasteiger partial charge in [0, 0.05) is 0 Å². The minimum Gasteiger partial charge on any atom is -0.496 e. The summed E-state index contributed by atoms with van der Waals surface area (Å²) in [5.74, 6) is -0.780. The van der Waals surface area contributed by atoms with Gasteiger partial charge >= 0.3 is 0 Å². The fourth-order valence-electron chi connectivity index (χ4n) is 1.91. The van der Waals surface area contributed by atoms with E-state index in [1.54, 1.807) is 6.92 Å². The molecule has 9 nitrogen and oxygen atoms in total. The summed E-state index contributed by atoms with van der Waals surface area (Å²) in [4.78, 5) is 27.4. The Morgan fingerprint density at radius 2 is 2.08 bits per heavy atom. The summed E-state index contributed by atoms with van der Waals surface area (Å²) in [5.41, 5.74) is 5.76. The lowest BCUT2D eigenvalue weighted by Crippen LogP contribution is -2.16. The molecule has 0 saturated carbocycles. The number of nitrogens with one attached hydrogen (secondary N) is 1. The number of aromatic nitrogens is 1. The van der Waals surface area contributed by atoms with Crippen molar-refractivity contribution in [3.63, 3.8) is 0 Å². The number of carbonyl (C=O) groups excluding carboxylic acids is 2. The van der Waals surface area contributed by atoms with Crippen LogP contribution in [-0.2, 0) is 14.8 Å². The van der Waals surface area contributed by atoms with Crippen LogP contribution in [0.1, 0.15) is 16.1 Å². The van der Waals surface area contributed by atoms with Crippen molar-refractivity contribution >= 4 is 50.1 Å². The second kappa shape index (κ2) is 8.03. The lowest BCUT2D eigenvalue weighted by atomic mass is 10.2. The Kier molecular flexibility index (Phi) is 6.23. The van der Waals surface area contributed by atoms with Gasteiger partial charge in [-0.05, 0) is 25.1 Å². The highest BCUT2D eigenvalue weighted by atomic mass is 32.2. The Balaban J connectivity index is 2.27. The Bertz CT molecular complexity index is 955. The zero-order valence-electron chi connectivity index (χ0n) is 13.8. The average Bonchev–Trinajstić information content (AvgIpc) is 2.90. The third-order valence-electron chi connectivity index (χ3n) is 3.06. The SMILES string of the molecule is COc1ccc(S(N)(=O)=O)cc1C(=O)Nc1nc(C)c(SCC(N)=O)s1. The van der Waals surface area contributed by atoms with E-state index in [0.29, 0.717) is 10.8 Å². The number of primary sulfonamides is 1. The molecule has 1 aromatic carbocycles. The van der Waals surface area contributed by atoms with Crippen molar-refractivity contribution in [3.05, 3.63) is 29.5 Å². The van der Waals surface area contributed by atoms with Crippen LogP contribution in [0.3, 0.4) is 0 Å². The number of methoxy groups -OCH3 is 1. The summed E-state index contributed by atoms with van der Waals surface area (Å²) in [5, 5.41) is 7.98. The molecule has 12 heteroatoms. The number of hydrogen-bond acceptors (Lipinski definition) is 8. The van der Waals surface area contributed by atoms with Crippen molar-refractivity contribution in [2.75, 3.05) is 18.2 Å². The van der Waals surface area contributed by atoms with E-state index >= 15 is 0 Å². The van der Waals surface area contributed by atoms with E-state index in [2.05, 4.69) is 10.3 Å². The number of anilines is 1. The molecule has 0 aliphatic rings. The summed E-state index contributed by atoms with van der Waals surface area (Å²) in [7, 11) is -2.61. The van der Waals surface area contributed by atoms with Crippen molar-refractivity contribution in [2.24, 2.45) is 10.9 Å². The van der Waals surface area contributed by atoms with E-state index in [0.717, 1.165) is 10.3 Å². The molecule has 0 bridgehead atoms. The van der Waals surface area contributed by atoms with Crippen LogP contribution >= 0.6 is 23.1 Å². The van der Waals surface area contributed by atoms with Gasteiger partial charge in [-0.25, -0.2) is 18.5 Å². The number of thiazole rings is 1. The molecule has 2 rings (SSSR count). The zero-order valence-corrected chi connectivity index (χ0v) is 16.3. The Morgan fingerprint density at radius 3 is 2.65 bits per heavy atom. The summed E-state index contributed by atoms with van der Waals surface area (Å²) in [6.45, 7) is 1.73. The molecule has 0 radical (unpaired) electrons. The van der Waals surface area contributed by atoms with Gasteiger partial charge in [0.1, 0.15) is 5.75 Å². The quantitative estimate of drug-likeness (QED) is 0.567. The van der Waals surface area contributed by atoms with Crippen molar-refractivity contribution in [1.82, 2.24) is 4.98 Å². The number of sulfonamides is 1. The molecule has 5 N–H and O–H groups in total. The predicted molar refractivity (Wildman–Crippen MR) is 99.1 cm³/mol. The smallest absolute Gasteiger partial charge is 0.261 e. The number of hydrogen-bond donors (Lipinski definition) is 3. The first-order valence-corrected chi connectivity index (χ1v) is 10.4. The maximum Gasteiger partial charge on any atom is 0.261 e. The van der Waals surface area contributed by atoms with Crippen molar-refractivity contribution in [1.29, 1.82) is 0 Å².